The highest BCUT2D eigenvalue weighted by Crippen LogP contribution is 2.38. The average molecular weight is 297 g/mol. The normalized spacial score (nSPS) is 13.1. The topological polar surface area (TPSA) is 52.5 Å². The Bertz CT molecular complexity index is 600. The summed E-state index contributed by atoms with van der Waals surface area (Å²) in [4.78, 5) is 0. The predicted octanol–water partition coefficient (Wildman–Crippen LogP) is 3.49. The molecular weight excluding hydrogens is 283 g/mol. The summed E-state index contributed by atoms with van der Waals surface area (Å²) in [5, 5.41) is 21.2. The molecule has 0 saturated heterocycles. The van der Waals surface area contributed by atoms with Gasteiger partial charge < -0.3 is 10.2 Å². The van der Waals surface area contributed by atoms with Gasteiger partial charge in [-0.3, -0.25) is 5.32 Å². The molecule has 0 saturated carbocycles. The molecule has 2 rings (SSSR count). The Morgan fingerprint density at radius 1 is 1.00 bits per heavy atom. The lowest BCUT2D eigenvalue weighted by atomic mass is 10.0. The number of rotatable bonds is 4. The Balaban J connectivity index is 2.23. The predicted molar refractivity (Wildman–Crippen MR) is 71.8 cm³/mol. The molecule has 0 aliphatic heterocycles. The van der Waals surface area contributed by atoms with Crippen LogP contribution in [0.2, 0.25) is 0 Å². The third-order valence-corrected chi connectivity index (χ3v) is 3.01. The molecule has 0 heterocycles. The molecule has 0 fully saturated rings. The maximum atomic E-state index is 13.2. The van der Waals surface area contributed by atoms with E-state index >= 15 is 0 Å². The molecule has 3 nitrogen and oxygen atoms in total. The van der Waals surface area contributed by atoms with Gasteiger partial charge in [0.15, 0.2) is 0 Å². The zero-order valence-electron chi connectivity index (χ0n) is 10.9. The fourth-order valence-electron chi connectivity index (χ4n) is 1.99. The van der Waals surface area contributed by atoms with Gasteiger partial charge in [-0.25, -0.2) is 0 Å². The lowest BCUT2D eigenvalue weighted by molar-refractivity contribution is -0.158. The summed E-state index contributed by atoms with van der Waals surface area (Å²) in [5.41, 5.74) is 0.376. The van der Waals surface area contributed by atoms with Crippen LogP contribution in [0.25, 0.3) is 0 Å². The molecule has 0 aliphatic carbocycles. The third kappa shape index (κ3) is 3.88. The average Bonchev–Trinajstić information content (AvgIpc) is 2.41. The van der Waals surface area contributed by atoms with Crippen molar-refractivity contribution in [2.45, 2.75) is 18.8 Å². The van der Waals surface area contributed by atoms with Crippen molar-refractivity contribution < 1.29 is 23.4 Å². The highest BCUT2D eigenvalue weighted by Gasteiger charge is 2.41. The van der Waals surface area contributed by atoms with E-state index in [1.54, 1.807) is 30.3 Å². The van der Waals surface area contributed by atoms with E-state index in [-0.39, 0.29) is 17.9 Å². The number of benzene rings is 2. The first-order chi connectivity index (χ1) is 9.88. The Labute approximate surface area is 119 Å². The van der Waals surface area contributed by atoms with Gasteiger partial charge >= 0.3 is 6.18 Å². The first kappa shape index (κ1) is 15.2. The summed E-state index contributed by atoms with van der Waals surface area (Å²) in [6.45, 7) is 0.00529. The van der Waals surface area contributed by atoms with Crippen LogP contribution in [0.4, 0.5) is 13.2 Å². The first-order valence-electron chi connectivity index (χ1n) is 6.24. The zero-order chi connectivity index (χ0) is 15.5. The third-order valence-electron chi connectivity index (χ3n) is 3.01. The van der Waals surface area contributed by atoms with Crippen LogP contribution in [0.15, 0.2) is 48.5 Å². The maximum Gasteiger partial charge on any atom is 0.408 e. The Morgan fingerprint density at radius 3 is 2.24 bits per heavy atom. The number of alkyl halides is 3. The molecule has 1 unspecified atom stereocenters. The molecule has 112 valence electrons. The zero-order valence-corrected chi connectivity index (χ0v) is 10.9. The van der Waals surface area contributed by atoms with E-state index < -0.39 is 18.0 Å². The minimum atomic E-state index is -4.57. The monoisotopic (exact) mass is 297 g/mol. The molecule has 21 heavy (non-hydrogen) atoms. The van der Waals surface area contributed by atoms with Gasteiger partial charge in [-0.15, -0.1) is 0 Å². The molecule has 2 aromatic rings. The van der Waals surface area contributed by atoms with Crippen molar-refractivity contribution >= 4 is 0 Å². The second-order valence-electron chi connectivity index (χ2n) is 4.58. The van der Waals surface area contributed by atoms with Crippen molar-refractivity contribution in [3.05, 3.63) is 59.7 Å². The molecule has 0 spiro atoms. The second-order valence-corrected chi connectivity index (χ2v) is 4.58. The molecule has 1 atom stereocenters. The molecular formula is C15H14F3NO2. The van der Waals surface area contributed by atoms with Crippen molar-refractivity contribution in [1.29, 1.82) is 0 Å². The van der Waals surface area contributed by atoms with Crippen LogP contribution >= 0.6 is 0 Å². The number of hydrogen-bond donors (Lipinski definition) is 3. The van der Waals surface area contributed by atoms with Gasteiger partial charge in [0.2, 0.25) is 0 Å². The standard InChI is InChI=1S/C15H14F3NO2/c16-15(17,18)14(12-7-6-11(20)8-13(12)21)19-9-10-4-2-1-3-5-10/h1-8,14,19-21H,9H2. The molecule has 0 bridgehead atoms. The Kier molecular flexibility index (Phi) is 4.37. The van der Waals surface area contributed by atoms with E-state index in [0.29, 0.717) is 5.56 Å². The maximum absolute atomic E-state index is 13.2. The smallest absolute Gasteiger partial charge is 0.408 e. The van der Waals surface area contributed by atoms with Crippen molar-refractivity contribution in [2.24, 2.45) is 0 Å². The Morgan fingerprint density at radius 2 is 1.67 bits per heavy atom. The van der Waals surface area contributed by atoms with Gasteiger partial charge in [-0.1, -0.05) is 30.3 Å². The fraction of sp³-hybridized carbons (Fsp3) is 0.200. The summed E-state index contributed by atoms with van der Waals surface area (Å²) in [5.74, 6) is -0.891. The summed E-state index contributed by atoms with van der Waals surface area (Å²) in [7, 11) is 0. The molecule has 0 aliphatic rings. The van der Waals surface area contributed by atoms with Crippen LogP contribution < -0.4 is 5.32 Å². The van der Waals surface area contributed by atoms with E-state index in [1.165, 1.54) is 0 Å². The van der Waals surface area contributed by atoms with Crippen LogP contribution in [-0.2, 0) is 6.54 Å². The quantitative estimate of drug-likeness (QED) is 0.809. The van der Waals surface area contributed by atoms with Gasteiger partial charge in [0, 0.05) is 18.2 Å². The highest BCUT2D eigenvalue weighted by molar-refractivity contribution is 5.41. The van der Waals surface area contributed by atoms with E-state index in [1.807, 2.05) is 0 Å². The fourth-order valence-corrected chi connectivity index (χ4v) is 1.99. The van der Waals surface area contributed by atoms with Gasteiger partial charge in [0.1, 0.15) is 17.5 Å². The van der Waals surface area contributed by atoms with E-state index in [2.05, 4.69) is 5.32 Å². The first-order valence-corrected chi connectivity index (χ1v) is 6.24. The molecule has 0 amide bonds. The van der Waals surface area contributed by atoms with Crippen molar-refractivity contribution in [2.75, 3.05) is 0 Å². The van der Waals surface area contributed by atoms with E-state index in [0.717, 1.165) is 18.2 Å². The van der Waals surface area contributed by atoms with E-state index in [4.69, 9.17) is 5.11 Å². The van der Waals surface area contributed by atoms with Crippen LogP contribution in [0, 0.1) is 0 Å². The largest absolute Gasteiger partial charge is 0.508 e. The molecule has 2 aromatic carbocycles. The SMILES string of the molecule is Oc1ccc(C(NCc2ccccc2)C(F)(F)F)c(O)c1. The number of halogens is 3. The van der Waals surface area contributed by atoms with Crippen LogP contribution in [0.1, 0.15) is 17.2 Å². The molecule has 0 aromatic heterocycles. The van der Waals surface area contributed by atoms with Crippen LogP contribution in [0.5, 0.6) is 11.5 Å². The minimum absolute atomic E-state index is 0.00529. The minimum Gasteiger partial charge on any atom is -0.508 e. The Hall–Kier alpha value is -2.21. The summed E-state index contributed by atoms with van der Waals surface area (Å²) in [6.07, 6.45) is -4.57. The second kappa shape index (κ2) is 6.05. The van der Waals surface area contributed by atoms with Gasteiger partial charge in [-0.2, -0.15) is 13.2 Å². The summed E-state index contributed by atoms with van der Waals surface area (Å²) < 4.78 is 39.5. The molecule has 0 radical (unpaired) electrons. The van der Waals surface area contributed by atoms with E-state index in [9.17, 15) is 18.3 Å². The number of phenolic OH excluding ortho intramolecular Hbond substituents is 2. The number of hydrogen-bond acceptors (Lipinski definition) is 3. The summed E-state index contributed by atoms with van der Waals surface area (Å²) >= 11 is 0. The molecule has 3 N–H and O–H groups in total. The van der Waals surface area contributed by atoms with Gasteiger partial charge in [-0.05, 0) is 17.7 Å². The van der Waals surface area contributed by atoms with Gasteiger partial charge in [0.05, 0.1) is 0 Å². The summed E-state index contributed by atoms with van der Waals surface area (Å²) in [6, 6.07) is 9.69. The van der Waals surface area contributed by atoms with Crippen molar-refractivity contribution in [3.8, 4) is 11.5 Å². The highest BCUT2D eigenvalue weighted by atomic mass is 19.4. The number of nitrogens with one attached hydrogen (secondary N) is 1. The number of aromatic hydroxyl groups is 2. The lowest BCUT2D eigenvalue weighted by Gasteiger charge is -2.23. The lowest BCUT2D eigenvalue weighted by Crippen LogP contribution is -2.33. The number of phenols is 2. The van der Waals surface area contributed by atoms with Gasteiger partial charge in [0.25, 0.3) is 0 Å². The van der Waals surface area contributed by atoms with Crippen LogP contribution in [0.3, 0.4) is 0 Å². The van der Waals surface area contributed by atoms with Crippen molar-refractivity contribution in [3.63, 3.8) is 0 Å². The van der Waals surface area contributed by atoms with Crippen LogP contribution in [-0.4, -0.2) is 16.4 Å². The van der Waals surface area contributed by atoms with Crippen molar-refractivity contribution in [1.82, 2.24) is 5.32 Å². The molecule has 6 heteroatoms.